The van der Waals surface area contributed by atoms with Gasteiger partial charge in [0.2, 0.25) is 11.8 Å². The zero-order valence-corrected chi connectivity index (χ0v) is 14.5. The molecule has 0 radical (unpaired) electrons. The van der Waals surface area contributed by atoms with Crippen molar-refractivity contribution in [2.24, 2.45) is 0 Å². The Morgan fingerprint density at radius 1 is 1.29 bits per heavy atom. The van der Waals surface area contributed by atoms with Gasteiger partial charge in [-0.2, -0.15) is 11.8 Å². The molecule has 0 saturated carbocycles. The van der Waals surface area contributed by atoms with Crippen LogP contribution in [0.3, 0.4) is 0 Å². The molecular formula is C16H28N2O2S. The van der Waals surface area contributed by atoms with E-state index in [-0.39, 0.29) is 22.6 Å². The van der Waals surface area contributed by atoms with Crippen LogP contribution in [0.2, 0.25) is 0 Å². The molecule has 2 aliphatic rings. The highest BCUT2D eigenvalue weighted by atomic mass is 32.2. The van der Waals surface area contributed by atoms with Crippen molar-refractivity contribution in [1.29, 1.82) is 0 Å². The average Bonchev–Trinajstić information content (AvgIpc) is 2.89. The molecule has 2 amide bonds. The van der Waals surface area contributed by atoms with Crippen molar-refractivity contribution in [1.82, 2.24) is 10.2 Å². The van der Waals surface area contributed by atoms with Gasteiger partial charge in [-0.15, -0.1) is 0 Å². The smallest absolute Gasteiger partial charge is 0.249 e. The van der Waals surface area contributed by atoms with Crippen molar-refractivity contribution in [3.63, 3.8) is 0 Å². The lowest BCUT2D eigenvalue weighted by Gasteiger charge is -2.47. The molecule has 1 N–H and O–H groups in total. The van der Waals surface area contributed by atoms with E-state index in [4.69, 9.17) is 0 Å². The lowest BCUT2D eigenvalue weighted by Crippen LogP contribution is -2.71. The summed E-state index contributed by atoms with van der Waals surface area (Å²) in [5, 5.41) is 3.01. The Morgan fingerprint density at radius 3 is 2.43 bits per heavy atom. The third kappa shape index (κ3) is 2.94. The summed E-state index contributed by atoms with van der Waals surface area (Å²) in [6.45, 7) is 8.89. The lowest BCUT2D eigenvalue weighted by atomic mass is 9.86. The summed E-state index contributed by atoms with van der Waals surface area (Å²) >= 11 is 1.94. The second-order valence-electron chi connectivity index (χ2n) is 6.54. The van der Waals surface area contributed by atoms with Gasteiger partial charge in [0.25, 0.3) is 0 Å². The standard InChI is InChI=1S/C16H28N2O2S/c1-5-12-13(19)17-16(6-2,7-3)14(20)18(12)11-15(4)9-8-10-21-15/h12H,5-11H2,1-4H3,(H,17,19). The monoisotopic (exact) mass is 312 g/mol. The molecule has 0 bridgehead atoms. The van der Waals surface area contributed by atoms with Gasteiger partial charge in [0.05, 0.1) is 0 Å². The highest BCUT2D eigenvalue weighted by molar-refractivity contribution is 8.00. The van der Waals surface area contributed by atoms with Crippen LogP contribution in [-0.2, 0) is 9.59 Å². The van der Waals surface area contributed by atoms with Gasteiger partial charge in [0, 0.05) is 11.3 Å². The van der Waals surface area contributed by atoms with E-state index < -0.39 is 5.54 Å². The van der Waals surface area contributed by atoms with Gasteiger partial charge < -0.3 is 10.2 Å². The summed E-state index contributed by atoms with van der Waals surface area (Å²) in [6, 6.07) is -0.304. The molecule has 0 spiro atoms. The SMILES string of the molecule is CCC1C(=O)NC(CC)(CC)C(=O)N1CC1(C)CCCS1. The van der Waals surface area contributed by atoms with E-state index in [1.807, 2.05) is 37.4 Å². The lowest BCUT2D eigenvalue weighted by molar-refractivity contribution is -0.156. The molecule has 0 aliphatic carbocycles. The van der Waals surface area contributed by atoms with Crippen LogP contribution in [0.15, 0.2) is 0 Å². The first-order valence-electron chi connectivity index (χ1n) is 8.18. The quantitative estimate of drug-likeness (QED) is 0.849. The number of hydrogen-bond donors (Lipinski definition) is 1. The maximum Gasteiger partial charge on any atom is 0.249 e. The summed E-state index contributed by atoms with van der Waals surface area (Å²) in [4.78, 5) is 27.4. The van der Waals surface area contributed by atoms with E-state index in [0.29, 0.717) is 25.8 Å². The molecule has 120 valence electrons. The van der Waals surface area contributed by atoms with Crippen molar-refractivity contribution in [3.05, 3.63) is 0 Å². The van der Waals surface area contributed by atoms with Crippen molar-refractivity contribution in [2.75, 3.05) is 12.3 Å². The van der Waals surface area contributed by atoms with Gasteiger partial charge >= 0.3 is 0 Å². The molecule has 2 rings (SSSR count). The fourth-order valence-corrected chi connectivity index (χ4v) is 4.87. The van der Waals surface area contributed by atoms with Crippen molar-refractivity contribution >= 4 is 23.6 Å². The third-order valence-electron chi connectivity index (χ3n) is 5.11. The van der Waals surface area contributed by atoms with E-state index in [0.717, 1.165) is 12.2 Å². The molecule has 5 heteroatoms. The van der Waals surface area contributed by atoms with Crippen LogP contribution in [0.25, 0.3) is 0 Å². The van der Waals surface area contributed by atoms with Crippen LogP contribution >= 0.6 is 11.8 Å². The minimum absolute atomic E-state index is 0.0207. The molecular weight excluding hydrogens is 284 g/mol. The Hall–Kier alpha value is -0.710. The van der Waals surface area contributed by atoms with E-state index in [1.165, 1.54) is 6.42 Å². The van der Waals surface area contributed by atoms with E-state index in [2.05, 4.69) is 12.2 Å². The Bertz CT molecular complexity index is 415. The van der Waals surface area contributed by atoms with Gasteiger partial charge in [-0.05, 0) is 44.8 Å². The number of carbonyl (C=O) groups excluding carboxylic acids is 2. The van der Waals surface area contributed by atoms with Crippen LogP contribution in [0.4, 0.5) is 0 Å². The van der Waals surface area contributed by atoms with Gasteiger partial charge in [-0.25, -0.2) is 0 Å². The molecule has 2 aliphatic heterocycles. The Labute approximate surface area is 132 Å². The van der Waals surface area contributed by atoms with Gasteiger partial charge in [-0.3, -0.25) is 9.59 Å². The predicted molar refractivity (Wildman–Crippen MR) is 87.3 cm³/mol. The number of thioether (sulfide) groups is 1. The normalized spacial score (nSPS) is 32.4. The molecule has 2 atom stereocenters. The number of nitrogens with one attached hydrogen (secondary N) is 1. The predicted octanol–water partition coefficient (Wildman–Crippen LogP) is 2.57. The number of piperazine rings is 1. The minimum atomic E-state index is -0.692. The first-order chi connectivity index (χ1) is 9.91. The molecule has 0 aromatic carbocycles. The van der Waals surface area contributed by atoms with Gasteiger partial charge in [0.15, 0.2) is 0 Å². The number of rotatable bonds is 5. The highest BCUT2D eigenvalue weighted by Crippen LogP contribution is 2.40. The molecule has 2 fully saturated rings. The van der Waals surface area contributed by atoms with Gasteiger partial charge in [0.1, 0.15) is 11.6 Å². The summed E-state index contributed by atoms with van der Waals surface area (Å²) in [6.07, 6.45) is 4.33. The number of carbonyl (C=O) groups is 2. The Morgan fingerprint density at radius 2 is 1.95 bits per heavy atom. The largest absolute Gasteiger partial charge is 0.340 e. The molecule has 2 saturated heterocycles. The molecule has 0 aromatic rings. The molecule has 4 nitrogen and oxygen atoms in total. The Balaban J connectivity index is 2.28. The van der Waals surface area contributed by atoms with Crippen LogP contribution in [0.5, 0.6) is 0 Å². The number of amides is 2. The van der Waals surface area contributed by atoms with Crippen LogP contribution in [0.1, 0.15) is 59.8 Å². The fraction of sp³-hybridized carbons (Fsp3) is 0.875. The molecule has 0 aromatic heterocycles. The van der Waals surface area contributed by atoms with Crippen LogP contribution < -0.4 is 5.32 Å². The van der Waals surface area contributed by atoms with E-state index in [1.54, 1.807) is 0 Å². The maximum absolute atomic E-state index is 13.1. The number of nitrogens with zero attached hydrogens (tertiary/aromatic N) is 1. The van der Waals surface area contributed by atoms with E-state index in [9.17, 15) is 9.59 Å². The van der Waals surface area contributed by atoms with Crippen molar-refractivity contribution in [2.45, 2.75) is 76.1 Å². The highest BCUT2D eigenvalue weighted by Gasteiger charge is 2.50. The summed E-state index contributed by atoms with van der Waals surface area (Å²) in [5.41, 5.74) is -0.692. The molecule has 2 unspecified atom stereocenters. The van der Waals surface area contributed by atoms with E-state index >= 15 is 0 Å². The zero-order valence-electron chi connectivity index (χ0n) is 13.7. The first kappa shape index (κ1) is 16.7. The Kier molecular flexibility index (Phi) is 4.91. The van der Waals surface area contributed by atoms with Crippen LogP contribution in [-0.4, -0.2) is 45.3 Å². The van der Waals surface area contributed by atoms with Crippen molar-refractivity contribution in [3.8, 4) is 0 Å². The zero-order chi connectivity index (χ0) is 15.7. The molecule has 21 heavy (non-hydrogen) atoms. The second kappa shape index (κ2) is 6.19. The van der Waals surface area contributed by atoms with Crippen molar-refractivity contribution < 1.29 is 9.59 Å². The summed E-state index contributed by atoms with van der Waals surface area (Å²) in [7, 11) is 0. The molecule has 2 heterocycles. The van der Waals surface area contributed by atoms with Crippen LogP contribution in [0, 0.1) is 0 Å². The maximum atomic E-state index is 13.1. The second-order valence-corrected chi connectivity index (χ2v) is 8.22. The fourth-order valence-electron chi connectivity index (χ4n) is 3.57. The van der Waals surface area contributed by atoms with Gasteiger partial charge in [-0.1, -0.05) is 20.8 Å². The summed E-state index contributed by atoms with van der Waals surface area (Å²) in [5.74, 6) is 1.30. The third-order valence-corrected chi connectivity index (χ3v) is 6.63. The number of hydrogen-bond acceptors (Lipinski definition) is 3. The minimum Gasteiger partial charge on any atom is -0.340 e. The first-order valence-corrected chi connectivity index (χ1v) is 9.17. The summed E-state index contributed by atoms with van der Waals surface area (Å²) < 4.78 is 0.105. The topological polar surface area (TPSA) is 49.4 Å². The average molecular weight is 312 g/mol.